The number of nitrogens with one attached hydrogen (secondary N) is 2. The van der Waals surface area contributed by atoms with E-state index < -0.39 is 23.8 Å². The molecule has 0 aliphatic rings. The van der Waals surface area contributed by atoms with E-state index in [0.29, 0.717) is 23.6 Å². The standard InChI is InChI=1S/C29H34F2N2O4S/c1-4-19-6-5-7-20(10-19)16-32-17-26(34)25(13-21-11-22(30)14-23(31)12-21)33-29(35)18-38-24-8-9-27(36-2)28(15-24)37-3/h5-12,14-15,25-26,32,34H,4,13,16-18H2,1-3H3,(H,33,35)/t25-,26-/m0/s1. The summed E-state index contributed by atoms with van der Waals surface area (Å²) in [6, 6.07) is 15.9. The number of benzene rings is 3. The van der Waals surface area contributed by atoms with E-state index in [1.54, 1.807) is 19.2 Å². The van der Waals surface area contributed by atoms with Crippen molar-refractivity contribution in [3.8, 4) is 11.5 Å². The van der Waals surface area contributed by atoms with Crippen molar-refractivity contribution in [3.05, 3.63) is 89.0 Å². The third kappa shape index (κ3) is 9.01. The van der Waals surface area contributed by atoms with E-state index in [4.69, 9.17) is 9.47 Å². The molecule has 3 N–H and O–H groups in total. The summed E-state index contributed by atoms with van der Waals surface area (Å²) >= 11 is 1.30. The van der Waals surface area contributed by atoms with Gasteiger partial charge in [-0.3, -0.25) is 4.79 Å². The molecule has 204 valence electrons. The minimum Gasteiger partial charge on any atom is -0.493 e. The molecule has 0 bridgehead atoms. The predicted molar refractivity (Wildman–Crippen MR) is 146 cm³/mol. The number of amides is 1. The lowest BCUT2D eigenvalue weighted by atomic mass is 10.0. The van der Waals surface area contributed by atoms with Crippen molar-refractivity contribution < 1.29 is 28.2 Å². The highest BCUT2D eigenvalue weighted by molar-refractivity contribution is 8.00. The topological polar surface area (TPSA) is 79.8 Å². The first-order chi connectivity index (χ1) is 18.3. The van der Waals surface area contributed by atoms with Gasteiger partial charge in [0.05, 0.1) is 32.1 Å². The first-order valence-electron chi connectivity index (χ1n) is 12.4. The lowest BCUT2D eigenvalue weighted by Gasteiger charge is -2.25. The SMILES string of the molecule is CCc1cccc(CNC[C@H](O)[C@H](Cc2cc(F)cc(F)c2)NC(=O)CSc2ccc(OC)c(OC)c2)c1. The maximum Gasteiger partial charge on any atom is 0.230 e. The molecule has 0 radical (unpaired) electrons. The number of methoxy groups -OCH3 is 2. The lowest BCUT2D eigenvalue weighted by molar-refractivity contribution is -0.120. The Hall–Kier alpha value is -3.14. The van der Waals surface area contributed by atoms with Crippen LogP contribution < -0.4 is 20.1 Å². The van der Waals surface area contributed by atoms with Crippen LogP contribution >= 0.6 is 11.8 Å². The van der Waals surface area contributed by atoms with Gasteiger partial charge in [-0.2, -0.15) is 0 Å². The fraction of sp³-hybridized carbons (Fsp3) is 0.345. The minimum atomic E-state index is -0.995. The third-order valence-electron chi connectivity index (χ3n) is 6.00. The molecule has 6 nitrogen and oxygen atoms in total. The van der Waals surface area contributed by atoms with Crippen LogP contribution in [0.1, 0.15) is 23.6 Å². The predicted octanol–water partition coefficient (Wildman–Crippen LogP) is 4.51. The largest absolute Gasteiger partial charge is 0.493 e. The molecule has 0 fully saturated rings. The van der Waals surface area contributed by atoms with Crippen molar-refractivity contribution in [3.63, 3.8) is 0 Å². The maximum atomic E-state index is 13.8. The molecule has 0 aliphatic carbocycles. The number of hydrogen-bond donors (Lipinski definition) is 3. The van der Waals surface area contributed by atoms with Gasteiger partial charge in [0.2, 0.25) is 5.91 Å². The molecule has 0 unspecified atom stereocenters. The average molecular weight is 545 g/mol. The molecular formula is C29H34F2N2O4S. The van der Waals surface area contributed by atoms with Crippen molar-refractivity contribution in [2.75, 3.05) is 26.5 Å². The highest BCUT2D eigenvalue weighted by atomic mass is 32.2. The quantitative estimate of drug-likeness (QED) is 0.259. The van der Waals surface area contributed by atoms with Gasteiger partial charge in [0, 0.05) is 24.1 Å². The van der Waals surface area contributed by atoms with Crippen LogP contribution in [0.15, 0.2) is 65.6 Å². The fourth-order valence-corrected chi connectivity index (χ4v) is 4.77. The Bertz CT molecular complexity index is 1190. The Kier molecular flexibility index (Phi) is 11.4. The van der Waals surface area contributed by atoms with Gasteiger partial charge >= 0.3 is 0 Å². The molecule has 38 heavy (non-hydrogen) atoms. The summed E-state index contributed by atoms with van der Waals surface area (Å²) < 4.78 is 38.1. The zero-order valence-electron chi connectivity index (χ0n) is 21.8. The molecule has 3 rings (SSSR count). The Morgan fingerprint density at radius 2 is 1.66 bits per heavy atom. The van der Waals surface area contributed by atoms with Gasteiger partial charge in [-0.05, 0) is 59.9 Å². The Morgan fingerprint density at radius 1 is 0.947 bits per heavy atom. The second-order valence-corrected chi connectivity index (χ2v) is 9.88. The normalized spacial score (nSPS) is 12.6. The summed E-state index contributed by atoms with van der Waals surface area (Å²) in [4.78, 5) is 13.6. The van der Waals surface area contributed by atoms with Crippen LogP contribution in [0, 0.1) is 11.6 Å². The van der Waals surface area contributed by atoms with Crippen LogP contribution in [-0.2, 0) is 24.2 Å². The Labute approximate surface area is 226 Å². The Balaban J connectivity index is 1.64. The molecule has 2 atom stereocenters. The van der Waals surface area contributed by atoms with E-state index in [9.17, 15) is 18.7 Å². The third-order valence-corrected chi connectivity index (χ3v) is 6.99. The molecule has 3 aromatic carbocycles. The minimum absolute atomic E-state index is 0.0651. The molecule has 0 saturated heterocycles. The van der Waals surface area contributed by atoms with Crippen molar-refractivity contribution in [1.29, 1.82) is 0 Å². The van der Waals surface area contributed by atoms with E-state index in [-0.39, 0.29) is 24.6 Å². The number of rotatable bonds is 14. The van der Waals surface area contributed by atoms with Crippen LogP contribution in [0.2, 0.25) is 0 Å². The molecule has 0 saturated carbocycles. The molecule has 3 aromatic rings. The number of aryl methyl sites for hydroxylation is 1. The average Bonchev–Trinajstić information content (AvgIpc) is 2.90. The number of carbonyl (C=O) groups is 1. The van der Waals surface area contributed by atoms with Crippen LogP contribution in [0.5, 0.6) is 11.5 Å². The summed E-state index contributed by atoms with van der Waals surface area (Å²) in [5, 5.41) is 17.0. The number of hydrogen-bond acceptors (Lipinski definition) is 6. The van der Waals surface area contributed by atoms with Gasteiger partial charge in [-0.15, -0.1) is 11.8 Å². The number of aliphatic hydroxyl groups excluding tert-OH is 1. The smallest absolute Gasteiger partial charge is 0.230 e. The highest BCUT2D eigenvalue weighted by Gasteiger charge is 2.22. The molecule has 0 aromatic heterocycles. The highest BCUT2D eigenvalue weighted by Crippen LogP contribution is 2.31. The number of aliphatic hydroxyl groups is 1. The van der Waals surface area contributed by atoms with Crippen LogP contribution in [-0.4, -0.2) is 49.7 Å². The Morgan fingerprint density at radius 3 is 2.34 bits per heavy atom. The van der Waals surface area contributed by atoms with E-state index >= 15 is 0 Å². The van der Waals surface area contributed by atoms with Crippen molar-refractivity contribution >= 4 is 17.7 Å². The molecule has 9 heteroatoms. The second kappa shape index (κ2) is 14.7. The number of ether oxygens (including phenoxy) is 2. The number of carbonyl (C=O) groups excluding carboxylic acids is 1. The monoisotopic (exact) mass is 544 g/mol. The van der Waals surface area contributed by atoms with Gasteiger partial charge in [-0.1, -0.05) is 31.2 Å². The number of thioether (sulfide) groups is 1. The van der Waals surface area contributed by atoms with E-state index in [2.05, 4.69) is 29.7 Å². The summed E-state index contributed by atoms with van der Waals surface area (Å²) in [6.07, 6.45) is -0.00294. The van der Waals surface area contributed by atoms with Crippen LogP contribution in [0.25, 0.3) is 0 Å². The molecule has 0 heterocycles. The fourth-order valence-electron chi connectivity index (χ4n) is 4.04. The van der Waals surface area contributed by atoms with E-state index in [1.165, 1.54) is 36.6 Å². The van der Waals surface area contributed by atoms with Gasteiger partial charge in [-0.25, -0.2) is 8.78 Å². The molecule has 1 amide bonds. The summed E-state index contributed by atoms with van der Waals surface area (Å²) in [7, 11) is 3.08. The maximum absolute atomic E-state index is 13.8. The van der Waals surface area contributed by atoms with E-state index in [0.717, 1.165) is 22.9 Å². The van der Waals surface area contributed by atoms with Crippen molar-refractivity contribution in [1.82, 2.24) is 10.6 Å². The summed E-state index contributed by atoms with van der Waals surface area (Å²) in [5.74, 6) is -0.528. The zero-order valence-corrected chi connectivity index (χ0v) is 22.6. The van der Waals surface area contributed by atoms with Crippen molar-refractivity contribution in [2.45, 2.75) is 43.4 Å². The van der Waals surface area contributed by atoms with Gasteiger partial charge in [0.25, 0.3) is 0 Å². The zero-order chi connectivity index (χ0) is 27.5. The summed E-state index contributed by atoms with van der Waals surface area (Å²) in [5.41, 5.74) is 2.64. The van der Waals surface area contributed by atoms with Crippen LogP contribution in [0.3, 0.4) is 0 Å². The van der Waals surface area contributed by atoms with E-state index in [1.807, 2.05) is 18.2 Å². The van der Waals surface area contributed by atoms with Crippen molar-refractivity contribution in [2.24, 2.45) is 0 Å². The molecular weight excluding hydrogens is 510 g/mol. The van der Waals surface area contributed by atoms with Gasteiger partial charge in [0.15, 0.2) is 11.5 Å². The summed E-state index contributed by atoms with van der Waals surface area (Å²) in [6.45, 7) is 2.81. The van der Waals surface area contributed by atoms with Gasteiger partial charge < -0.3 is 25.2 Å². The second-order valence-electron chi connectivity index (χ2n) is 8.83. The first-order valence-corrected chi connectivity index (χ1v) is 13.4. The lowest BCUT2D eigenvalue weighted by Crippen LogP contribution is -2.49. The van der Waals surface area contributed by atoms with Crippen LogP contribution in [0.4, 0.5) is 8.78 Å². The van der Waals surface area contributed by atoms with Gasteiger partial charge in [0.1, 0.15) is 11.6 Å². The first kappa shape index (κ1) is 29.4. The molecule has 0 aliphatic heterocycles. The molecule has 0 spiro atoms. The number of halogens is 2.